The number of benzene rings is 1. The minimum absolute atomic E-state index is 0.787. The van der Waals surface area contributed by atoms with Crippen LogP contribution in [0.4, 0.5) is 5.69 Å². The summed E-state index contributed by atoms with van der Waals surface area (Å²) in [5, 5.41) is 1.26. The second kappa shape index (κ2) is 6.20. The molecule has 2 heterocycles. The Morgan fingerprint density at radius 3 is 2.65 bits per heavy atom. The van der Waals surface area contributed by atoms with Gasteiger partial charge in [0.2, 0.25) is 0 Å². The summed E-state index contributed by atoms with van der Waals surface area (Å²) in [6.07, 6.45) is 3.01. The maximum absolute atomic E-state index is 5.58. The quantitative estimate of drug-likeness (QED) is 0.918. The molecule has 2 N–H and O–H groups in total. The van der Waals surface area contributed by atoms with E-state index in [-0.39, 0.29) is 0 Å². The molecule has 0 unspecified atom stereocenters. The first-order valence-electron chi connectivity index (χ1n) is 7.39. The lowest BCUT2D eigenvalue weighted by atomic mass is 10.1. The molecule has 0 spiro atoms. The third-order valence-corrected chi connectivity index (χ3v) is 4.02. The van der Waals surface area contributed by atoms with Gasteiger partial charge in [-0.15, -0.1) is 0 Å². The van der Waals surface area contributed by atoms with Crippen LogP contribution in [-0.4, -0.2) is 49.2 Å². The molecule has 106 valence electrons. The van der Waals surface area contributed by atoms with E-state index >= 15 is 0 Å². The number of rotatable bonds is 4. The minimum atomic E-state index is 0.787. The minimum Gasteiger partial charge on any atom is -0.368 e. The Morgan fingerprint density at radius 2 is 1.85 bits per heavy atom. The van der Waals surface area contributed by atoms with Gasteiger partial charge in [-0.05, 0) is 31.6 Å². The number of para-hydroxylation sites is 1. The molecular weight excluding hydrogens is 248 g/mol. The zero-order valence-electron chi connectivity index (χ0n) is 11.8. The van der Waals surface area contributed by atoms with Crippen LogP contribution in [0.15, 0.2) is 36.5 Å². The molecule has 1 aromatic heterocycles. The summed E-state index contributed by atoms with van der Waals surface area (Å²) in [4.78, 5) is 9.42. The van der Waals surface area contributed by atoms with Gasteiger partial charge in [-0.3, -0.25) is 9.88 Å². The van der Waals surface area contributed by atoms with Crippen molar-refractivity contribution in [2.75, 3.05) is 44.2 Å². The summed E-state index contributed by atoms with van der Waals surface area (Å²) >= 11 is 0. The highest BCUT2D eigenvalue weighted by molar-refractivity contribution is 5.91. The highest BCUT2D eigenvalue weighted by atomic mass is 15.3. The second-order valence-electron chi connectivity index (χ2n) is 5.32. The van der Waals surface area contributed by atoms with Crippen molar-refractivity contribution in [3.05, 3.63) is 36.5 Å². The van der Waals surface area contributed by atoms with Crippen LogP contribution in [0.2, 0.25) is 0 Å². The normalized spacial score (nSPS) is 16.8. The van der Waals surface area contributed by atoms with Gasteiger partial charge in [0.15, 0.2) is 0 Å². The Kier molecular flexibility index (Phi) is 4.14. The number of nitrogens with two attached hydrogens (primary N) is 1. The van der Waals surface area contributed by atoms with E-state index in [9.17, 15) is 0 Å². The predicted molar refractivity (Wildman–Crippen MR) is 84.1 cm³/mol. The average Bonchev–Trinajstić information content (AvgIpc) is 2.53. The largest absolute Gasteiger partial charge is 0.368 e. The van der Waals surface area contributed by atoms with Crippen molar-refractivity contribution in [1.82, 2.24) is 9.88 Å². The van der Waals surface area contributed by atoms with Gasteiger partial charge in [0.25, 0.3) is 0 Å². The molecule has 1 fully saturated rings. The lowest BCUT2D eigenvalue weighted by Gasteiger charge is -2.36. The summed E-state index contributed by atoms with van der Waals surface area (Å²) in [7, 11) is 0. The second-order valence-corrected chi connectivity index (χ2v) is 5.32. The Balaban J connectivity index is 1.74. The van der Waals surface area contributed by atoms with Crippen LogP contribution < -0.4 is 10.6 Å². The van der Waals surface area contributed by atoms with Gasteiger partial charge in [0, 0.05) is 43.4 Å². The SMILES string of the molecule is NCCCN1CCN(c2ccnc3ccccc23)CC1. The Morgan fingerprint density at radius 1 is 1.05 bits per heavy atom. The first-order valence-corrected chi connectivity index (χ1v) is 7.39. The van der Waals surface area contributed by atoms with Crippen LogP contribution in [0.1, 0.15) is 6.42 Å². The van der Waals surface area contributed by atoms with E-state index in [1.54, 1.807) is 0 Å². The molecule has 1 aliphatic rings. The highest BCUT2D eigenvalue weighted by Crippen LogP contribution is 2.25. The fourth-order valence-corrected chi connectivity index (χ4v) is 2.88. The third-order valence-electron chi connectivity index (χ3n) is 4.02. The van der Waals surface area contributed by atoms with Crippen LogP contribution in [-0.2, 0) is 0 Å². The molecular formula is C16H22N4. The molecule has 1 aromatic carbocycles. The van der Waals surface area contributed by atoms with Gasteiger partial charge >= 0.3 is 0 Å². The van der Waals surface area contributed by atoms with Crippen LogP contribution in [0.5, 0.6) is 0 Å². The molecule has 2 aromatic rings. The first-order chi connectivity index (χ1) is 9.88. The monoisotopic (exact) mass is 270 g/mol. The molecule has 0 bridgehead atoms. The summed E-state index contributed by atoms with van der Waals surface area (Å²) in [5.74, 6) is 0. The number of pyridine rings is 1. The predicted octanol–water partition coefficient (Wildman–Crippen LogP) is 1.71. The Bertz CT molecular complexity index is 556. The van der Waals surface area contributed by atoms with Gasteiger partial charge < -0.3 is 10.6 Å². The molecule has 20 heavy (non-hydrogen) atoms. The van der Waals surface area contributed by atoms with Gasteiger partial charge in [-0.25, -0.2) is 0 Å². The Labute approximate surface area is 120 Å². The molecule has 0 saturated carbocycles. The van der Waals surface area contributed by atoms with Gasteiger partial charge in [0.05, 0.1) is 5.52 Å². The lowest BCUT2D eigenvalue weighted by Crippen LogP contribution is -2.47. The highest BCUT2D eigenvalue weighted by Gasteiger charge is 2.18. The number of hydrogen-bond donors (Lipinski definition) is 1. The first kappa shape index (κ1) is 13.3. The summed E-state index contributed by atoms with van der Waals surface area (Å²) in [6.45, 7) is 6.32. The number of hydrogen-bond acceptors (Lipinski definition) is 4. The summed E-state index contributed by atoms with van der Waals surface area (Å²) < 4.78 is 0. The van der Waals surface area contributed by atoms with E-state index in [0.29, 0.717) is 0 Å². The fourth-order valence-electron chi connectivity index (χ4n) is 2.88. The number of anilines is 1. The maximum Gasteiger partial charge on any atom is 0.0722 e. The molecule has 1 aliphatic heterocycles. The number of nitrogens with zero attached hydrogens (tertiary/aromatic N) is 3. The van der Waals surface area contributed by atoms with Gasteiger partial charge in [0.1, 0.15) is 0 Å². The molecule has 0 aliphatic carbocycles. The average molecular weight is 270 g/mol. The molecule has 3 rings (SSSR count). The topological polar surface area (TPSA) is 45.4 Å². The molecule has 0 radical (unpaired) electrons. The standard InChI is InChI=1S/C16H22N4/c17-7-3-9-19-10-12-20(13-11-19)16-6-8-18-15-5-2-1-4-14(15)16/h1-2,4-6,8H,3,7,9-13,17H2. The maximum atomic E-state index is 5.58. The van der Waals surface area contributed by atoms with Crippen molar-refractivity contribution < 1.29 is 0 Å². The summed E-state index contributed by atoms with van der Waals surface area (Å²) in [5.41, 5.74) is 7.98. The van der Waals surface area contributed by atoms with Crippen LogP contribution in [0, 0.1) is 0 Å². The van der Waals surface area contributed by atoms with Crippen LogP contribution >= 0.6 is 0 Å². The number of aromatic nitrogens is 1. The van der Waals surface area contributed by atoms with E-state index in [1.807, 2.05) is 12.3 Å². The van der Waals surface area contributed by atoms with Gasteiger partial charge in [-0.2, -0.15) is 0 Å². The van der Waals surface area contributed by atoms with Crippen molar-refractivity contribution in [2.45, 2.75) is 6.42 Å². The molecule has 4 nitrogen and oxygen atoms in total. The fraction of sp³-hybridized carbons (Fsp3) is 0.438. The Hall–Kier alpha value is -1.65. The van der Waals surface area contributed by atoms with E-state index in [2.05, 4.69) is 39.0 Å². The van der Waals surface area contributed by atoms with Crippen molar-refractivity contribution in [2.24, 2.45) is 5.73 Å². The van der Waals surface area contributed by atoms with Crippen molar-refractivity contribution in [3.8, 4) is 0 Å². The van der Waals surface area contributed by atoms with Crippen molar-refractivity contribution in [3.63, 3.8) is 0 Å². The lowest BCUT2D eigenvalue weighted by molar-refractivity contribution is 0.256. The van der Waals surface area contributed by atoms with Crippen molar-refractivity contribution in [1.29, 1.82) is 0 Å². The number of fused-ring (bicyclic) bond motifs is 1. The van der Waals surface area contributed by atoms with E-state index in [1.165, 1.54) is 11.1 Å². The van der Waals surface area contributed by atoms with Crippen LogP contribution in [0.25, 0.3) is 10.9 Å². The molecule has 1 saturated heterocycles. The smallest absolute Gasteiger partial charge is 0.0722 e. The van der Waals surface area contributed by atoms with Gasteiger partial charge in [-0.1, -0.05) is 18.2 Å². The van der Waals surface area contributed by atoms with E-state index in [4.69, 9.17) is 5.73 Å². The van der Waals surface area contributed by atoms with E-state index in [0.717, 1.165) is 51.2 Å². The molecule has 4 heteroatoms. The zero-order chi connectivity index (χ0) is 13.8. The van der Waals surface area contributed by atoms with Crippen LogP contribution in [0.3, 0.4) is 0 Å². The summed E-state index contributed by atoms with van der Waals surface area (Å²) in [6, 6.07) is 10.5. The third kappa shape index (κ3) is 2.76. The molecule has 0 atom stereocenters. The zero-order valence-corrected chi connectivity index (χ0v) is 11.8. The van der Waals surface area contributed by atoms with E-state index < -0.39 is 0 Å². The molecule has 0 amide bonds. The van der Waals surface area contributed by atoms with Crippen molar-refractivity contribution >= 4 is 16.6 Å². The number of piperazine rings is 1.